The van der Waals surface area contributed by atoms with Crippen LogP contribution < -0.4 is 14.8 Å². The number of methoxy groups -OCH3 is 2. The van der Waals surface area contributed by atoms with Crippen LogP contribution >= 0.6 is 0 Å². The van der Waals surface area contributed by atoms with Crippen LogP contribution in [0.25, 0.3) is 0 Å². The Morgan fingerprint density at radius 1 is 1.09 bits per heavy atom. The minimum absolute atomic E-state index is 0.0556. The first-order valence-corrected chi connectivity index (χ1v) is 8.10. The zero-order chi connectivity index (χ0) is 16.5. The van der Waals surface area contributed by atoms with Crippen LogP contribution in [0.3, 0.4) is 0 Å². The minimum Gasteiger partial charge on any atom is -0.493 e. The molecule has 0 aliphatic carbocycles. The molecule has 0 unspecified atom stereocenters. The second-order valence-electron chi connectivity index (χ2n) is 5.54. The smallest absolute Gasteiger partial charge is 0.321 e. The van der Waals surface area contributed by atoms with Gasteiger partial charge in [0.2, 0.25) is 0 Å². The summed E-state index contributed by atoms with van der Waals surface area (Å²) in [6.07, 6.45) is 4.54. The molecule has 128 valence electrons. The summed E-state index contributed by atoms with van der Waals surface area (Å²) in [5, 5.41) is 2.94. The number of nitrogens with zero attached hydrogens (tertiary/aromatic N) is 1. The molecule has 2 rings (SSSR count). The summed E-state index contributed by atoms with van der Waals surface area (Å²) in [5.74, 6) is 1.23. The van der Waals surface area contributed by atoms with E-state index in [9.17, 15) is 4.79 Å². The summed E-state index contributed by atoms with van der Waals surface area (Å²) in [5.41, 5.74) is 0.701. The lowest BCUT2D eigenvalue weighted by atomic mass is 10.2. The Kier molecular flexibility index (Phi) is 7.00. The Morgan fingerprint density at radius 3 is 2.48 bits per heavy atom. The van der Waals surface area contributed by atoms with Crippen LogP contribution in [0.5, 0.6) is 11.5 Å². The van der Waals surface area contributed by atoms with Crippen molar-refractivity contribution in [1.29, 1.82) is 0 Å². The van der Waals surface area contributed by atoms with Crippen molar-refractivity contribution in [3.05, 3.63) is 18.2 Å². The Hall–Kier alpha value is -1.95. The number of anilines is 1. The Labute approximate surface area is 137 Å². The second kappa shape index (κ2) is 9.25. The van der Waals surface area contributed by atoms with Crippen molar-refractivity contribution in [3.8, 4) is 11.5 Å². The Morgan fingerprint density at radius 2 is 1.83 bits per heavy atom. The monoisotopic (exact) mass is 322 g/mol. The number of amides is 2. The molecule has 1 aromatic rings. The van der Waals surface area contributed by atoms with E-state index in [0.717, 1.165) is 25.9 Å². The zero-order valence-corrected chi connectivity index (χ0v) is 14.0. The molecule has 1 N–H and O–H groups in total. The van der Waals surface area contributed by atoms with Crippen molar-refractivity contribution in [3.63, 3.8) is 0 Å². The first kappa shape index (κ1) is 17.4. The molecule has 0 spiro atoms. The van der Waals surface area contributed by atoms with Crippen molar-refractivity contribution in [2.45, 2.75) is 25.7 Å². The Balaban J connectivity index is 2.00. The number of rotatable bonds is 6. The number of likely N-dealkylation sites (tertiary alicyclic amines) is 1. The van der Waals surface area contributed by atoms with Crippen molar-refractivity contribution in [2.24, 2.45) is 0 Å². The third kappa shape index (κ3) is 5.32. The van der Waals surface area contributed by atoms with E-state index in [1.165, 1.54) is 12.8 Å². The number of nitrogens with one attached hydrogen (secondary N) is 1. The van der Waals surface area contributed by atoms with Gasteiger partial charge in [-0.1, -0.05) is 12.8 Å². The summed E-state index contributed by atoms with van der Waals surface area (Å²) >= 11 is 0. The maximum Gasteiger partial charge on any atom is 0.321 e. The van der Waals surface area contributed by atoms with Gasteiger partial charge in [0.15, 0.2) is 11.5 Å². The third-order valence-corrected chi connectivity index (χ3v) is 3.85. The van der Waals surface area contributed by atoms with Gasteiger partial charge in [-0.2, -0.15) is 0 Å². The van der Waals surface area contributed by atoms with Crippen LogP contribution in [0, 0.1) is 0 Å². The highest BCUT2D eigenvalue weighted by molar-refractivity contribution is 5.89. The van der Waals surface area contributed by atoms with Gasteiger partial charge in [-0.15, -0.1) is 0 Å². The van der Waals surface area contributed by atoms with E-state index in [4.69, 9.17) is 14.2 Å². The van der Waals surface area contributed by atoms with Gasteiger partial charge in [-0.25, -0.2) is 4.79 Å². The molecular formula is C17H26N2O4. The number of hydrogen-bond donors (Lipinski definition) is 1. The topological polar surface area (TPSA) is 60.0 Å². The molecule has 1 aliphatic heterocycles. The van der Waals surface area contributed by atoms with Gasteiger partial charge in [0, 0.05) is 32.0 Å². The van der Waals surface area contributed by atoms with E-state index in [2.05, 4.69) is 5.32 Å². The van der Waals surface area contributed by atoms with Gasteiger partial charge in [0.05, 0.1) is 13.7 Å². The summed E-state index contributed by atoms with van der Waals surface area (Å²) in [7, 11) is 3.21. The molecule has 0 radical (unpaired) electrons. The highest BCUT2D eigenvalue weighted by Gasteiger charge is 2.16. The first-order valence-electron chi connectivity index (χ1n) is 8.10. The summed E-state index contributed by atoms with van der Waals surface area (Å²) in [6.45, 7) is 2.56. The average Bonchev–Trinajstić information content (AvgIpc) is 2.85. The quantitative estimate of drug-likeness (QED) is 0.818. The number of carbonyl (C=O) groups is 1. The van der Waals surface area contributed by atoms with Gasteiger partial charge < -0.3 is 24.4 Å². The first-order chi connectivity index (χ1) is 11.2. The van der Waals surface area contributed by atoms with Gasteiger partial charge in [0.25, 0.3) is 0 Å². The van der Waals surface area contributed by atoms with Gasteiger partial charge in [-0.3, -0.25) is 0 Å². The average molecular weight is 322 g/mol. The number of benzene rings is 1. The lowest BCUT2D eigenvalue weighted by Gasteiger charge is -2.21. The molecule has 2 amide bonds. The van der Waals surface area contributed by atoms with E-state index in [-0.39, 0.29) is 6.03 Å². The number of hydrogen-bond acceptors (Lipinski definition) is 4. The number of carbonyl (C=O) groups excluding carboxylic acids is 1. The molecular weight excluding hydrogens is 296 g/mol. The highest BCUT2D eigenvalue weighted by atomic mass is 16.5. The Bertz CT molecular complexity index is 499. The fourth-order valence-corrected chi connectivity index (χ4v) is 2.58. The maximum absolute atomic E-state index is 12.4. The fraction of sp³-hybridized carbons (Fsp3) is 0.588. The molecule has 0 atom stereocenters. The van der Waals surface area contributed by atoms with Crippen molar-refractivity contribution < 1.29 is 19.0 Å². The molecule has 6 heteroatoms. The van der Waals surface area contributed by atoms with Gasteiger partial charge in [0.1, 0.15) is 6.61 Å². The third-order valence-electron chi connectivity index (χ3n) is 3.85. The second-order valence-corrected chi connectivity index (χ2v) is 5.54. The lowest BCUT2D eigenvalue weighted by molar-refractivity contribution is 0.144. The molecule has 1 aliphatic rings. The van der Waals surface area contributed by atoms with Crippen LogP contribution in [0.15, 0.2) is 18.2 Å². The SMILES string of the molecule is COCCOc1cc(NC(=O)N2CCCCCC2)ccc1OC. The molecule has 1 aromatic carbocycles. The van der Waals surface area contributed by atoms with Crippen LogP contribution in [-0.4, -0.2) is 51.5 Å². The van der Waals surface area contributed by atoms with E-state index >= 15 is 0 Å². The van der Waals surface area contributed by atoms with Crippen molar-refractivity contribution in [1.82, 2.24) is 4.90 Å². The summed E-state index contributed by atoms with van der Waals surface area (Å²) in [6, 6.07) is 5.34. The standard InChI is InChI=1S/C17H26N2O4/c1-21-11-12-23-16-13-14(7-8-15(16)22-2)18-17(20)19-9-5-3-4-6-10-19/h7-8,13H,3-6,9-12H2,1-2H3,(H,18,20). The van der Waals surface area contributed by atoms with Gasteiger partial charge >= 0.3 is 6.03 Å². The van der Waals surface area contributed by atoms with Crippen LogP contribution in [-0.2, 0) is 4.74 Å². The molecule has 0 aromatic heterocycles. The van der Waals surface area contributed by atoms with E-state index < -0.39 is 0 Å². The number of ether oxygens (including phenoxy) is 3. The van der Waals surface area contributed by atoms with E-state index in [1.54, 1.807) is 26.4 Å². The molecule has 23 heavy (non-hydrogen) atoms. The predicted octanol–water partition coefficient (Wildman–Crippen LogP) is 3.13. The van der Waals surface area contributed by atoms with Crippen LogP contribution in [0.2, 0.25) is 0 Å². The lowest BCUT2D eigenvalue weighted by Crippen LogP contribution is -2.35. The summed E-state index contributed by atoms with van der Waals surface area (Å²) < 4.78 is 15.9. The minimum atomic E-state index is -0.0556. The van der Waals surface area contributed by atoms with Crippen LogP contribution in [0.4, 0.5) is 10.5 Å². The largest absolute Gasteiger partial charge is 0.493 e. The predicted molar refractivity (Wildman–Crippen MR) is 89.4 cm³/mol. The normalized spacial score (nSPS) is 15.0. The highest BCUT2D eigenvalue weighted by Crippen LogP contribution is 2.30. The van der Waals surface area contributed by atoms with E-state index in [1.807, 2.05) is 11.0 Å². The molecule has 6 nitrogen and oxygen atoms in total. The molecule has 1 fully saturated rings. The fourth-order valence-electron chi connectivity index (χ4n) is 2.58. The maximum atomic E-state index is 12.4. The molecule has 1 heterocycles. The zero-order valence-electron chi connectivity index (χ0n) is 14.0. The number of urea groups is 1. The van der Waals surface area contributed by atoms with Crippen molar-refractivity contribution in [2.75, 3.05) is 45.8 Å². The van der Waals surface area contributed by atoms with Gasteiger partial charge in [-0.05, 0) is 25.0 Å². The van der Waals surface area contributed by atoms with E-state index in [0.29, 0.717) is 30.4 Å². The molecule has 0 saturated carbocycles. The molecule has 1 saturated heterocycles. The summed E-state index contributed by atoms with van der Waals surface area (Å²) in [4.78, 5) is 14.2. The molecule has 0 bridgehead atoms. The van der Waals surface area contributed by atoms with Crippen LogP contribution in [0.1, 0.15) is 25.7 Å². The van der Waals surface area contributed by atoms with Crippen molar-refractivity contribution >= 4 is 11.7 Å².